The Morgan fingerprint density at radius 3 is 0.798 bits per heavy atom. The molecule has 0 rings (SSSR count). The fourth-order valence-corrected chi connectivity index (χ4v) is 12.5. The van der Waals surface area contributed by atoms with Crippen LogP contribution in [0.25, 0.3) is 0 Å². The quantitative estimate of drug-likeness (QED) is 0.0169. The summed E-state index contributed by atoms with van der Waals surface area (Å²) in [6.45, 7) is 4.72. The summed E-state index contributed by atoms with van der Waals surface area (Å²) >= 11 is 0. The second-order valence-electron chi connectivity index (χ2n) is 27.4. The lowest BCUT2D eigenvalue weighted by Crippen LogP contribution is -2.30. The molecule has 0 radical (unpaired) electrons. The summed E-state index contributed by atoms with van der Waals surface area (Å²) in [4.78, 5) is 73.0. The summed E-state index contributed by atoms with van der Waals surface area (Å²) in [6, 6.07) is 0. The van der Waals surface area contributed by atoms with Crippen LogP contribution in [-0.2, 0) is 65.4 Å². The molecule has 17 nitrogen and oxygen atoms in total. The van der Waals surface area contributed by atoms with Crippen LogP contribution in [0.2, 0.25) is 0 Å². The molecule has 0 aliphatic heterocycles. The number of aliphatic hydroxyl groups excluding tert-OH is 1. The van der Waals surface area contributed by atoms with Crippen LogP contribution in [0.1, 0.15) is 349 Å². The van der Waals surface area contributed by atoms with Gasteiger partial charge in [-0.05, 0) is 128 Å². The summed E-state index contributed by atoms with van der Waals surface area (Å²) in [5.74, 6) is -2.29. The third-order valence-electron chi connectivity index (χ3n) is 17.2. The fourth-order valence-electron chi connectivity index (χ4n) is 10.9. The van der Waals surface area contributed by atoms with Crippen LogP contribution in [-0.4, -0.2) is 96.7 Å². The molecule has 0 aromatic heterocycles. The zero-order valence-corrected chi connectivity index (χ0v) is 67.5. The average molecular weight is 1500 g/mol. The van der Waals surface area contributed by atoms with E-state index in [4.69, 9.17) is 37.0 Å². The van der Waals surface area contributed by atoms with Gasteiger partial charge in [-0.2, -0.15) is 0 Å². The van der Waals surface area contributed by atoms with Crippen molar-refractivity contribution < 1.29 is 80.2 Å². The molecule has 0 aliphatic rings. The highest BCUT2D eigenvalue weighted by Crippen LogP contribution is 2.45. The first kappa shape index (κ1) is 99.7. The molecule has 0 aromatic rings. The first-order valence-corrected chi connectivity index (χ1v) is 44.1. The van der Waals surface area contributed by atoms with Crippen molar-refractivity contribution >= 4 is 39.5 Å². The van der Waals surface area contributed by atoms with Gasteiger partial charge in [0.15, 0.2) is 12.2 Å². The molecule has 3 N–H and O–H groups in total. The number of rotatable bonds is 77. The maximum Gasteiger partial charge on any atom is 0.472 e. The van der Waals surface area contributed by atoms with Crippen molar-refractivity contribution in [2.75, 3.05) is 39.6 Å². The molecule has 0 heterocycles. The number of hydrogen-bond donors (Lipinski definition) is 3. The number of unbranched alkanes of at least 4 members (excludes halogenated alkanes) is 33. The summed E-state index contributed by atoms with van der Waals surface area (Å²) in [5, 5.41) is 10.6. The van der Waals surface area contributed by atoms with Gasteiger partial charge in [-0.1, -0.05) is 304 Å². The lowest BCUT2D eigenvalue weighted by molar-refractivity contribution is -0.161. The van der Waals surface area contributed by atoms with E-state index in [1.165, 1.54) is 122 Å². The normalized spacial score (nSPS) is 14.4. The Hall–Kier alpha value is -4.28. The van der Waals surface area contributed by atoms with Gasteiger partial charge in [-0.15, -0.1) is 0 Å². The highest BCUT2D eigenvalue weighted by molar-refractivity contribution is 7.47. The van der Waals surface area contributed by atoms with E-state index in [1.54, 1.807) is 0 Å². The molecule has 104 heavy (non-hydrogen) atoms. The van der Waals surface area contributed by atoms with Crippen LogP contribution in [0.5, 0.6) is 0 Å². The van der Waals surface area contributed by atoms with Crippen LogP contribution in [0.3, 0.4) is 0 Å². The smallest absolute Gasteiger partial charge is 0.462 e. The zero-order valence-electron chi connectivity index (χ0n) is 65.7. The minimum Gasteiger partial charge on any atom is -0.462 e. The molecule has 0 amide bonds. The number of allylic oxidation sites excluding steroid dienone is 18. The first-order chi connectivity index (χ1) is 50.7. The predicted molar refractivity (Wildman–Crippen MR) is 427 cm³/mol. The Balaban J connectivity index is 5.44. The number of phosphoric ester groups is 2. The molecule has 0 saturated heterocycles. The number of esters is 4. The molecular formula is C85H148O17P2. The number of ether oxygens (including phenoxy) is 4. The molecule has 0 fully saturated rings. The van der Waals surface area contributed by atoms with Gasteiger partial charge in [0.1, 0.15) is 19.3 Å². The second kappa shape index (κ2) is 76.9. The molecule has 5 atom stereocenters. The van der Waals surface area contributed by atoms with Crippen LogP contribution in [0.15, 0.2) is 109 Å². The van der Waals surface area contributed by atoms with Crippen LogP contribution in [0, 0.1) is 0 Å². The van der Waals surface area contributed by atoms with E-state index in [2.05, 4.69) is 119 Å². The Kier molecular flexibility index (Phi) is 73.7. The largest absolute Gasteiger partial charge is 0.472 e. The minimum atomic E-state index is -5.00. The summed E-state index contributed by atoms with van der Waals surface area (Å²) in [5.41, 5.74) is 0. The van der Waals surface area contributed by atoms with Gasteiger partial charge < -0.3 is 33.8 Å². The van der Waals surface area contributed by atoms with Gasteiger partial charge in [0.2, 0.25) is 0 Å². The van der Waals surface area contributed by atoms with E-state index in [-0.39, 0.29) is 25.7 Å². The summed E-state index contributed by atoms with van der Waals surface area (Å²) < 4.78 is 68.6. The standard InChI is InChI=1S/C85H148O17P2/c1-5-9-13-17-21-25-29-33-37-38-39-40-44-48-52-56-60-64-68-72-85(90)102-81(76-96-83(88)70-66-62-58-54-50-46-42-35-31-27-23-19-15-11-7-3)78-100-104(93,94)98-74-79(86)73-97-103(91,92)99-77-80(101-84(89)71-67-63-59-55-51-47-43-36-32-28-24-20-16-12-8-4)75-95-82(87)69-65-61-57-53-49-45-41-34-30-26-22-18-14-10-6-2/h21-23,25-27,33-35,37,39-42,48,52,60,64,79-81,86H,5-20,24,28-32,36,38,43-47,49-51,53-59,61-63,65-78H2,1-4H3,(H,91,92)(H,93,94)/b25-21-,26-22-,27-23-,37-33-,40-39-,41-34-,42-35-,52-48-,64-60-/t79-,80+,81+/m0/s1. The highest BCUT2D eigenvalue weighted by Gasteiger charge is 2.30. The third kappa shape index (κ3) is 75.9. The topological polar surface area (TPSA) is 237 Å². The van der Waals surface area contributed by atoms with Gasteiger partial charge in [0, 0.05) is 25.7 Å². The van der Waals surface area contributed by atoms with Crippen molar-refractivity contribution in [1.82, 2.24) is 0 Å². The highest BCUT2D eigenvalue weighted by atomic mass is 31.2. The second-order valence-corrected chi connectivity index (χ2v) is 30.3. The van der Waals surface area contributed by atoms with Crippen molar-refractivity contribution in [3.63, 3.8) is 0 Å². The first-order valence-electron chi connectivity index (χ1n) is 41.1. The Bertz CT molecular complexity index is 2390. The van der Waals surface area contributed by atoms with E-state index in [0.29, 0.717) is 32.1 Å². The van der Waals surface area contributed by atoms with E-state index in [0.717, 1.165) is 141 Å². The van der Waals surface area contributed by atoms with Gasteiger partial charge >= 0.3 is 39.5 Å². The van der Waals surface area contributed by atoms with Crippen LogP contribution < -0.4 is 0 Å². The van der Waals surface area contributed by atoms with E-state index >= 15 is 0 Å². The van der Waals surface area contributed by atoms with E-state index in [9.17, 15) is 43.2 Å². The van der Waals surface area contributed by atoms with Crippen molar-refractivity contribution in [1.29, 1.82) is 0 Å². The molecule has 0 bridgehead atoms. The SMILES string of the molecule is CCCCC/C=C\C/C=C\C/C=C\C/C=C\C/C=C\CCC(=O)O[C@H](COC(=O)CCCCCCC/C=C\C/C=C\CCCCC)COP(=O)(O)OC[C@@H](O)COP(=O)(O)OC[C@@H](COC(=O)CCCCCCC/C=C\C/C=C\CCCCC)OC(=O)CCCCCCCCCCCCCCCCC. The molecule has 0 aromatic carbocycles. The molecule has 0 saturated carbocycles. The lowest BCUT2D eigenvalue weighted by atomic mass is 10.0. The molecule has 19 heteroatoms. The van der Waals surface area contributed by atoms with E-state index in [1.807, 2.05) is 18.2 Å². The number of carbonyl (C=O) groups is 4. The monoisotopic (exact) mass is 1500 g/mol. The molecular weight excluding hydrogens is 1350 g/mol. The van der Waals surface area contributed by atoms with E-state index < -0.39 is 97.5 Å². The van der Waals surface area contributed by atoms with Gasteiger partial charge in [0.05, 0.1) is 26.4 Å². The zero-order chi connectivity index (χ0) is 76.0. The van der Waals surface area contributed by atoms with Gasteiger partial charge in [-0.3, -0.25) is 37.3 Å². The van der Waals surface area contributed by atoms with Crippen molar-refractivity contribution in [3.8, 4) is 0 Å². The Labute approximate surface area is 632 Å². The molecule has 0 aliphatic carbocycles. The number of hydrogen-bond acceptors (Lipinski definition) is 15. The van der Waals surface area contributed by atoms with Gasteiger partial charge in [-0.25, -0.2) is 9.13 Å². The number of carbonyl (C=O) groups excluding carboxylic acids is 4. The number of phosphoric acid groups is 2. The molecule has 2 unspecified atom stereocenters. The lowest BCUT2D eigenvalue weighted by Gasteiger charge is -2.21. The fraction of sp³-hybridized carbons (Fsp3) is 0.741. The predicted octanol–water partition coefficient (Wildman–Crippen LogP) is 24.1. The summed E-state index contributed by atoms with van der Waals surface area (Å²) in [7, 11) is -9.99. The Morgan fingerprint density at radius 2 is 0.490 bits per heavy atom. The van der Waals surface area contributed by atoms with Crippen molar-refractivity contribution in [3.05, 3.63) is 109 Å². The molecule has 0 spiro atoms. The maximum absolute atomic E-state index is 13.1. The third-order valence-corrected chi connectivity index (χ3v) is 19.1. The Morgan fingerprint density at radius 1 is 0.269 bits per heavy atom. The van der Waals surface area contributed by atoms with Crippen molar-refractivity contribution in [2.45, 2.75) is 367 Å². The van der Waals surface area contributed by atoms with Crippen LogP contribution >= 0.6 is 15.6 Å². The maximum atomic E-state index is 13.1. The summed E-state index contributed by atoms with van der Waals surface area (Å²) in [6.07, 6.45) is 83.6. The van der Waals surface area contributed by atoms with Gasteiger partial charge in [0.25, 0.3) is 0 Å². The van der Waals surface area contributed by atoms with Crippen molar-refractivity contribution in [2.24, 2.45) is 0 Å². The molecule has 600 valence electrons. The average Bonchev–Trinajstić information content (AvgIpc) is 0.943. The number of aliphatic hydroxyl groups is 1. The van der Waals surface area contributed by atoms with Crippen LogP contribution in [0.4, 0.5) is 0 Å². The minimum absolute atomic E-state index is 0.0323.